The number of halogens is 5. The highest BCUT2D eigenvalue weighted by molar-refractivity contribution is 6.30. The Hall–Kier alpha value is -3.37. The van der Waals surface area contributed by atoms with Crippen LogP contribution in [0.5, 0.6) is 5.75 Å². The van der Waals surface area contributed by atoms with Crippen LogP contribution in [0.1, 0.15) is 17.0 Å². The number of aryl methyl sites for hydroxylation is 1. The SMILES string of the molecule is COc1ccc(Cl)cc1CN1CCN(c2cc(C)nc3c(-c4ccc(F)cc4)c(C(F)(F)F)nn23)CC1. The van der Waals surface area contributed by atoms with E-state index in [0.29, 0.717) is 49.3 Å². The molecule has 1 aliphatic heterocycles. The first-order chi connectivity index (χ1) is 17.6. The number of methoxy groups -OCH3 is 1. The van der Waals surface area contributed by atoms with Gasteiger partial charge in [0.1, 0.15) is 17.4 Å². The van der Waals surface area contributed by atoms with Gasteiger partial charge in [0.05, 0.1) is 12.7 Å². The summed E-state index contributed by atoms with van der Waals surface area (Å²) in [5.41, 5.74) is 0.601. The zero-order valence-electron chi connectivity index (χ0n) is 20.2. The van der Waals surface area contributed by atoms with Gasteiger partial charge in [-0.15, -0.1) is 0 Å². The van der Waals surface area contributed by atoms with Gasteiger partial charge in [0.15, 0.2) is 11.3 Å². The number of fused-ring (bicyclic) bond motifs is 1. The lowest BCUT2D eigenvalue weighted by molar-refractivity contribution is -0.140. The molecule has 1 saturated heterocycles. The number of hydrogen-bond donors (Lipinski definition) is 0. The van der Waals surface area contributed by atoms with Crippen LogP contribution in [0, 0.1) is 12.7 Å². The minimum atomic E-state index is -4.71. The average Bonchev–Trinajstić information content (AvgIpc) is 3.25. The number of rotatable bonds is 5. The van der Waals surface area contributed by atoms with Gasteiger partial charge in [-0.2, -0.15) is 22.8 Å². The maximum atomic E-state index is 14.1. The molecule has 37 heavy (non-hydrogen) atoms. The highest BCUT2D eigenvalue weighted by atomic mass is 35.5. The van der Waals surface area contributed by atoms with Crippen molar-refractivity contribution in [3.63, 3.8) is 0 Å². The molecule has 4 aromatic rings. The number of piperazine rings is 1. The molecule has 194 valence electrons. The number of anilines is 1. The van der Waals surface area contributed by atoms with Crippen LogP contribution in [0.15, 0.2) is 48.5 Å². The molecular formula is C26H24ClF4N5O. The van der Waals surface area contributed by atoms with Crippen LogP contribution >= 0.6 is 11.6 Å². The number of aromatic nitrogens is 3. The molecule has 0 atom stereocenters. The number of hydrogen-bond acceptors (Lipinski definition) is 5. The third kappa shape index (κ3) is 5.08. The summed E-state index contributed by atoms with van der Waals surface area (Å²) in [5, 5.41) is 4.59. The van der Waals surface area contributed by atoms with Crippen molar-refractivity contribution in [3.8, 4) is 16.9 Å². The second-order valence-corrected chi connectivity index (χ2v) is 9.38. The van der Waals surface area contributed by atoms with Crippen molar-refractivity contribution in [1.82, 2.24) is 19.5 Å². The molecule has 11 heteroatoms. The van der Waals surface area contributed by atoms with Crippen LogP contribution in [-0.4, -0.2) is 52.8 Å². The molecule has 0 radical (unpaired) electrons. The van der Waals surface area contributed by atoms with Crippen LogP contribution in [-0.2, 0) is 12.7 Å². The summed E-state index contributed by atoms with van der Waals surface area (Å²) in [6, 6.07) is 12.1. The monoisotopic (exact) mass is 533 g/mol. The van der Waals surface area contributed by atoms with E-state index >= 15 is 0 Å². The van der Waals surface area contributed by atoms with Gasteiger partial charge in [-0.3, -0.25) is 4.90 Å². The third-order valence-electron chi connectivity index (χ3n) is 6.43. The lowest BCUT2D eigenvalue weighted by atomic mass is 10.1. The van der Waals surface area contributed by atoms with Gasteiger partial charge in [-0.05, 0) is 42.8 Å². The summed E-state index contributed by atoms with van der Waals surface area (Å²) in [4.78, 5) is 8.65. The topological polar surface area (TPSA) is 45.9 Å². The smallest absolute Gasteiger partial charge is 0.435 e. The van der Waals surface area contributed by atoms with Gasteiger partial charge >= 0.3 is 6.18 Å². The second-order valence-electron chi connectivity index (χ2n) is 8.94. The van der Waals surface area contributed by atoms with Crippen molar-refractivity contribution in [3.05, 3.63) is 76.3 Å². The Bertz CT molecular complexity index is 1430. The fourth-order valence-corrected chi connectivity index (χ4v) is 4.87. The lowest BCUT2D eigenvalue weighted by Gasteiger charge is -2.36. The Labute approximate surface area is 216 Å². The molecule has 0 spiro atoms. The Morgan fingerprint density at radius 3 is 2.35 bits per heavy atom. The molecular weight excluding hydrogens is 510 g/mol. The normalized spacial score (nSPS) is 14.9. The molecule has 0 N–H and O–H groups in total. The van der Waals surface area contributed by atoms with Gasteiger partial charge in [-0.1, -0.05) is 23.7 Å². The van der Waals surface area contributed by atoms with E-state index in [1.807, 2.05) is 17.0 Å². The highest BCUT2D eigenvalue weighted by Crippen LogP contribution is 2.39. The standard InChI is InChI=1S/C26H24ClF4N5O/c1-16-13-22(35-11-9-34(10-12-35)15-18-14-19(27)5-8-21(18)37-2)36-25(32-16)23(24(33-36)26(29,30)31)17-3-6-20(28)7-4-17/h3-8,13-14H,9-12,15H2,1-2H3. The quantitative estimate of drug-likeness (QED) is 0.301. The van der Waals surface area contributed by atoms with Gasteiger partial charge in [0, 0.05) is 55.1 Å². The lowest BCUT2D eigenvalue weighted by Crippen LogP contribution is -2.46. The molecule has 0 bridgehead atoms. The third-order valence-corrected chi connectivity index (χ3v) is 6.67. The molecule has 0 amide bonds. The first-order valence-corrected chi connectivity index (χ1v) is 12.0. The minimum absolute atomic E-state index is 0.0834. The fourth-order valence-electron chi connectivity index (χ4n) is 4.67. The van der Waals surface area contributed by atoms with Crippen LogP contribution in [0.2, 0.25) is 5.02 Å². The summed E-state index contributed by atoms with van der Waals surface area (Å²) in [7, 11) is 1.61. The van der Waals surface area contributed by atoms with E-state index in [9.17, 15) is 17.6 Å². The van der Waals surface area contributed by atoms with Gasteiger partial charge in [0.2, 0.25) is 0 Å². The van der Waals surface area contributed by atoms with E-state index in [1.54, 1.807) is 26.2 Å². The van der Waals surface area contributed by atoms with Crippen LogP contribution < -0.4 is 9.64 Å². The van der Waals surface area contributed by atoms with Crippen molar-refractivity contribution in [2.24, 2.45) is 0 Å². The van der Waals surface area contributed by atoms with Crippen molar-refractivity contribution >= 4 is 23.1 Å². The Morgan fingerprint density at radius 2 is 1.70 bits per heavy atom. The summed E-state index contributed by atoms with van der Waals surface area (Å²) in [6.07, 6.45) is -4.71. The van der Waals surface area contributed by atoms with Gasteiger partial charge in [0.25, 0.3) is 0 Å². The number of nitrogens with zero attached hydrogens (tertiary/aromatic N) is 5. The molecule has 3 heterocycles. The van der Waals surface area contributed by atoms with Crippen LogP contribution in [0.4, 0.5) is 23.4 Å². The number of benzene rings is 2. The van der Waals surface area contributed by atoms with E-state index < -0.39 is 17.7 Å². The molecule has 0 unspecified atom stereocenters. The van der Waals surface area contributed by atoms with Crippen molar-refractivity contribution in [2.75, 3.05) is 38.2 Å². The van der Waals surface area contributed by atoms with Crippen LogP contribution in [0.3, 0.4) is 0 Å². The first-order valence-electron chi connectivity index (χ1n) is 11.7. The molecule has 0 saturated carbocycles. The average molecular weight is 534 g/mol. The molecule has 1 fully saturated rings. The molecule has 2 aromatic heterocycles. The number of ether oxygens (including phenoxy) is 1. The summed E-state index contributed by atoms with van der Waals surface area (Å²) < 4.78 is 62.4. The minimum Gasteiger partial charge on any atom is -0.496 e. The summed E-state index contributed by atoms with van der Waals surface area (Å²) in [6.45, 7) is 4.88. The zero-order chi connectivity index (χ0) is 26.3. The fraction of sp³-hybridized carbons (Fsp3) is 0.308. The molecule has 5 rings (SSSR count). The molecule has 1 aliphatic rings. The largest absolute Gasteiger partial charge is 0.496 e. The molecule has 2 aromatic carbocycles. The van der Waals surface area contributed by atoms with Crippen LogP contribution in [0.25, 0.3) is 16.8 Å². The summed E-state index contributed by atoms with van der Waals surface area (Å²) >= 11 is 6.17. The highest BCUT2D eigenvalue weighted by Gasteiger charge is 2.39. The molecule has 0 aliphatic carbocycles. The Balaban J connectivity index is 1.47. The van der Waals surface area contributed by atoms with Crippen molar-refractivity contribution < 1.29 is 22.3 Å². The van der Waals surface area contributed by atoms with Gasteiger partial charge < -0.3 is 9.64 Å². The van der Waals surface area contributed by atoms with E-state index in [-0.39, 0.29) is 16.8 Å². The van der Waals surface area contributed by atoms with E-state index in [2.05, 4.69) is 15.0 Å². The zero-order valence-corrected chi connectivity index (χ0v) is 20.9. The maximum Gasteiger partial charge on any atom is 0.435 e. The van der Waals surface area contributed by atoms with E-state index in [4.69, 9.17) is 16.3 Å². The predicted molar refractivity (Wildman–Crippen MR) is 134 cm³/mol. The van der Waals surface area contributed by atoms with E-state index in [1.165, 1.54) is 16.6 Å². The van der Waals surface area contributed by atoms with E-state index in [0.717, 1.165) is 23.4 Å². The summed E-state index contributed by atoms with van der Waals surface area (Å²) in [5.74, 6) is 0.746. The Morgan fingerprint density at radius 1 is 1.00 bits per heavy atom. The van der Waals surface area contributed by atoms with Crippen molar-refractivity contribution in [1.29, 1.82) is 0 Å². The molecule has 6 nitrogen and oxygen atoms in total. The maximum absolute atomic E-state index is 14.1. The van der Waals surface area contributed by atoms with Crippen molar-refractivity contribution in [2.45, 2.75) is 19.6 Å². The number of alkyl halides is 3. The second kappa shape index (κ2) is 9.83. The van der Waals surface area contributed by atoms with Gasteiger partial charge in [-0.25, -0.2) is 9.37 Å². The Kier molecular flexibility index (Phi) is 6.72. The predicted octanol–water partition coefficient (Wildman–Crippen LogP) is 5.85. The first kappa shape index (κ1) is 25.3.